The van der Waals surface area contributed by atoms with Gasteiger partial charge in [-0.05, 0) is 17.7 Å². The molecule has 1 fully saturated rings. The molecule has 5 rings (SSSR count). The summed E-state index contributed by atoms with van der Waals surface area (Å²) in [5, 5.41) is 10.5. The van der Waals surface area contributed by atoms with Gasteiger partial charge in [-0.15, -0.1) is 0 Å². The van der Waals surface area contributed by atoms with Crippen molar-refractivity contribution in [3.05, 3.63) is 59.7 Å². The number of fused-ring (bicyclic) bond motifs is 3. The molecular formula is C23H24N4O3. The third-order valence-corrected chi connectivity index (χ3v) is 5.67. The van der Waals surface area contributed by atoms with E-state index >= 15 is 0 Å². The number of ether oxygens (including phenoxy) is 2. The topological polar surface area (TPSA) is 79.5 Å². The molecule has 0 atom stereocenters. The molecule has 1 aliphatic heterocycles. The molecule has 1 amide bonds. The van der Waals surface area contributed by atoms with E-state index in [2.05, 4.69) is 44.7 Å². The Kier molecular flexibility index (Phi) is 5.21. The Morgan fingerprint density at radius 1 is 1.13 bits per heavy atom. The number of rotatable bonds is 5. The summed E-state index contributed by atoms with van der Waals surface area (Å²) in [7, 11) is 0. The van der Waals surface area contributed by atoms with Crippen LogP contribution < -0.4 is 5.32 Å². The molecule has 7 heteroatoms. The van der Waals surface area contributed by atoms with Crippen molar-refractivity contribution in [1.29, 1.82) is 0 Å². The third kappa shape index (κ3) is 3.81. The minimum Gasteiger partial charge on any atom is -0.448 e. The minimum absolute atomic E-state index is 0.365. The SMILES string of the molecule is O=C(Nc1ccc(-c2n[nH]c3c2Cc2ccccc2-3)cc1)OCCN1CCOCC1. The first-order valence-corrected chi connectivity index (χ1v) is 10.3. The predicted octanol–water partition coefficient (Wildman–Crippen LogP) is 3.53. The van der Waals surface area contributed by atoms with Crippen LogP contribution in [-0.4, -0.2) is 60.6 Å². The summed E-state index contributed by atoms with van der Waals surface area (Å²) in [6, 6.07) is 16.1. The monoisotopic (exact) mass is 404 g/mol. The lowest BCUT2D eigenvalue weighted by Gasteiger charge is -2.26. The van der Waals surface area contributed by atoms with Gasteiger partial charge in [0.15, 0.2) is 0 Å². The van der Waals surface area contributed by atoms with Crippen LogP contribution in [0.5, 0.6) is 0 Å². The summed E-state index contributed by atoms with van der Waals surface area (Å²) in [6.07, 6.45) is 0.444. The van der Waals surface area contributed by atoms with Crippen LogP contribution in [0.3, 0.4) is 0 Å². The van der Waals surface area contributed by atoms with Crippen molar-refractivity contribution in [2.75, 3.05) is 44.8 Å². The summed E-state index contributed by atoms with van der Waals surface area (Å²) in [5.41, 5.74) is 7.55. The molecule has 0 unspecified atom stereocenters. The van der Waals surface area contributed by atoms with Gasteiger partial charge < -0.3 is 9.47 Å². The molecule has 0 bridgehead atoms. The Bertz CT molecular complexity index is 1040. The number of carbonyl (C=O) groups excluding carboxylic acids is 1. The van der Waals surface area contributed by atoms with Crippen LogP contribution in [0.15, 0.2) is 48.5 Å². The van der Waals surface area contributed by atoms with E-state index in [1.165, 1.54) is 16.7 Å². The lowest BCUT2D eigenvalue weighted by atomic mass is 10.1. The molecule has 0 saturated carbocycles. The average molecular weight is 404 g/mol. The van der Waals surface area contributed by atoms with E-state index in [1.807, 2.05) is 24.3 Å². The molecule has 2 aromatic carbocycles. The van der Waals surface area contributed by atoms with E-state index in [4.69, 9.17) is 9.47 Å². The highest BCUT2D eigenvalue weighted by molar-refractivity contribution is 5.86. The zero-order valence-corrected chi connectivity index (χ0v) is 16.7. The molecule has 1 aromatic heterocycles. The summed E-state index contributed by atoms with van der Waals surface area (Å²) in [6.45, 7) is 4.34. The van der Waals surface area contributed by atoms with Crippen LogP contribution in [0.4, 0.5) is 10.5 Å². The smallest absolute Gasteiger partial charge is 0.411 e. The standard InChI is InChI=1S/C23H24N4O3/c28-23(30-14-11-27-9-12-29-13-10-27)24-18-7-5-16(6-8-18)21-20-15-17-3-1-2-4-19(17)22(20)26-25-21/h1-8H,9-15H2,(H,24,28)(H,25,26). The summed E-state index contributed by atoms with van der Waals surface area (Å²) >= 11 is 0. The predicted molar refractivity (Wildman–Crippen MR) is 114 cm³/mol. The number of amides is 1. The lowest BCUT2D eigenvalue weighted by Crippen LogP contribution is -2.38. The Hall–Kier alpha value is -3.16. The van der Waals surface area contributed by atoms with Gasteiger partial charge in [-0.25, -0.2) is 4.79 Å². The molecule has 2 aliphatic rings. The van der Waals surface area contributed by atoms with Crippen molar-refractivity contribution >= 4 is 11.8 Å². The quantitative estimate of drug-likeness (QED) is 0.532. The Morgan fingerprint density at radius 2 is 1.93 bits per heavy atom. The number of nitrogens with zero attached hydrogens (tertiary/aromatic N) is 2. The van der Waals surface area contributed by atoms with Gasteiger partial charge in [0.2, 0.25) is 0 Å². The van der Waals surface area contributed by atoms with Crippen LogP contribution >= 0.6 is 0 Å². The number of benzene rings is 2. The van der Waals surface area contributed by atoms with Crippen molar-refractivity contribution in [2.45, 2.75) is 6.42 Å². The second-order valence-corrected chi connectivity index (χ2v) is 7.55. The van der Waals surface area contributed by atoms with Gasteiger partial charge in [0.25, 0.3) is 0 Å². The second kappa shape index (κ2) is 8.30. The molecule has 1 aliphatic carbocycles. The van der Waals surface area contributed by atoms with Crippen LogP contribution in [0.2, 0.25) is 0 Å². The first-order valence-electron chi connectivity index (χ1n) is 10.3. The second-order valence-electron chi connectivity index (χ2n) is 7.55. The molecule has 154 valence electrons. The van der Waals surface area contributed by atoms with Gasteiger partial charge in [-0.3, -0.25) is 15.3 Å². The maximum absolute atomic E-state index is 12.1. The van der Waals surface area contributed by atoms with Crippen LogP contribution in [0, 0.1) is 0 Å². The van der Waals surface area contributed by atoms with E-state index in [1.54, 1.807) is 0 Å². The molecule has 3 aromatic rings. The summed E-state index contributed by atoms with van der Waals surface area (Å²) < 4.78 is 10.6. The number of aromatic nitrogens is 2. The highest BCUT2D eigenvalue weighted by Crippen LogP contribution is 2.39. The number of nitrogens with one attached hydrogen (secondary N) is 2. The van der Waals surface area contributed by atoms with Crippen LogP contribution in [0.25, 0.3) is 22.5 Å². The number of morpholine rings is 1. The molecule has 2 N–H and O–H groups in total. The largest absolute Gasteiger partial charge is 0.448 e. The van der Waals surface area contributed by atoms with Crippen molar-refractivity contribution < 1.29 is 14.3 Å². The van der Waals surface area contributed by atoms with E-state index in [-0.39, 0.29) is 0 Å². The average Bonchev–Trinajstić information content (AvgIpc) is 3.34. The molecule has 7 nitrogen and oxygen atoms in total. The maximum Gasteiger partial charge on any atom is 0.411 e. The molecular weight excluding hydrogens is 380 g/mol. The van der Waals surface area contributed by atoms with Gasteiger partial charge in [-0.2, -0.15) is 5.10 Å². The number of hydrogen-bond donors (Lipinski definition) is 2. The fraction of sp³-hybridized carbons (Fsp3) is 0.304. The number of aromatic amines is 1. The Morgan fingerprint density at radius 3 is 2.77 bits per heavy atom. The molecule has 0 radical (unpaired) electrons. The van der Waals surface area contributed by atoms with Crippen molar-refractivity contribution in [3.63, 3.8) is 0 Å². The minimum atomic E-state index is -0.438. The summed E-state index contributed by atoms with van der Waals surface area (Å²) in [5.74, 6) is 0. The fourth-order valence-electron chi connectivity index (χ4n) is 4.07. The van der Waals surface area contributed by atoms with Gasteiger partial charge in [0, 0.05) is 48.4 Å². The Labute approximate surface area is 175 Å². The number of H-pyrrole nitrogens is 1. The van der Waals surface area contributed by atoms with E-state index in [9.17, 15) is 4.79 Å². The third-order valence-electron chi connectivity index (χ3n) is 5.67. The first kappa shape index (κ1) is 18.8. The zero-order valence-electron chi connectivity index (χ0n) is 16.7. The van der Waals surface area contributed by atoms with Gasteiger partial charge in [-0.1, -0.05) is 36.4 Å². The van der Waals surface area contributed by atoms with Crippen LogP contribution in [-0.2, 0) is 15.9 Å². The van der Waals surface area contributed by atoms with E-state index in [0.29, 0.717) is 12.3 Å². The molecule has 2 heterocycles. The molecule has 1 saturated heterocycles. The maximum atomic E-state index is 12.1. The van der Waals surface area contributed by atoms with Crippen LogP contribution in [0.1, 0.15) is 11.1 Å². The number of hydrogen-bond acceptors (Lipinski definition) is 5. The van der Waals surface area contributed by atoms with Gasteiger partial charge in [0.1, 0.15) is 6.61 Å². The lowest BCUT2D eigenvalue weighted by molar-refractivity contribution is 0.0290. The van der Waals surface area contributed by atoms with E-state index < -0.39 is 6.09 Å². The summed E-state index contributed by atoms with van der Waals surface area (Å²) in [4.78, 5) is 14.3. The van der Waals surface area contributed by atoms with Crippen molar-refractivity contribution in [3.8, 4) is 22.5 Å². The highest BCUT2D eigenvalue weighted by Gasteiger charge is 2.24. The normalized spacial score (nSPS) is 15.5. The van der Waals surface area contributed by atoms with Crippen molar-refractivity contribution in [2.24, 2.45) is 0 Å². The van der Waals surface area contributed by atoms with Gasteiger partial charge >= 0.3 is 6.09 Å². The molecule has 0 spiro atoms. The number of anilines is 1. The van der Waals surface area contributed by atoms with E-state index in [0.717, 1.165) is 56.2 Å². The van der Waals surface area contributed by atoms with Crippen molar-refractivity contribution in [1.82, 2.24) is 15.1 Å². The fourth-order valence-corrected chi connectivity index (χ4v) is 4.07. The zero-order chi connectivity index (χ0) is 20.3. The van der Waals surface area contributed by atoms with Gasteiger partial charge in [0.05, 0.1) is 24.6 Å². The Balaban J connectivity index is 1.18. The first-order chi connectivity index (χ1) is 14.8. The number of carbonyl (C=O) groups is 1. The molecule has 30 heavy (non-hydrogen) atoms. The highest BCUT2D eigenvalue weighted by atomic mass is 16.5.